The summed E-state index contributed by atoms with van der Waals surface area (Å²) < 4.78 is 26.5. The van der Waals surface area contributed by atoms with Gasteiger partial charge in [-0.2, -0.15) is 0 Å². The van der Waals surface area contributed by atoms with E-state index in [1.54, 1.807) is 0 Å². The van der Waals surface area contributed by atoms with E-state index in [2.05, 4.69) is 9.71 Å². The molecule has 1 aromatic carbocycles. The Morgan fingerprint density at radius 1 is 1.18 bits per heavy atom. The standard InChI is InChI=1S/C13H11N3O5S/c1-9(17)10-2-5-12(6-3-10)22(20,21)15-13-7-4-11(8-14-13)16(18)19/h2-8H,1H3,(H,14,15). The van der Waals surface area contributed by atoms with Gasteiger partial charge in [-0.15, -0.1) is 0 Å². The SMILES string of the molecule is CC(=O)c1ccc(S(=O)(=O)Nc2ccc([N+](=O)[O-])cn2)cc1. The van der Waals surface area contributed by atoms with Gasteiger partial charge in [0.1, 0.15) is 12.0 Å². The second-order valence-corrected chi connectivity index (χ2v) is 6.03. The maximum absolute atomic E-state index is 12.1. The smallest absolute Gasteiger partial charge is 0.287 e. The Bertz CT molecular complexity index is 814. The molecular weight excluding hydrogens is 310 g/mol. The average molecular weight is 321 g/mol. The fourth-order valence-corrected chi connectivity index (χ4v) is 2.63. The van der Waals surface area contributed by atoms with Crippen LogP contribution in [0.2, 0.25) is 0 Å². The summed E-state index contributed by atoms with van der Waals surface area (Å²) in [5, 5.41) is 10.5. The molecule has 0 amide bonds. The molecule has 8 nitrogen and oxygen atoms in total. The molecule has 2 aromatic rings. The van der Waals surface area contributed by atoms with Crippen LogP contribution in [0.4, 0.5) is 11.5 Å². The Balaban J connectivity index is 2.23. The number of Topliss-reactive ketones (excluding diaryl/α,β-unsaturated/α-hetero) is 1. The molecule has 22 heavy (non-hydrogen) atoms. The molecule has 0 aliphatic carbocycles. The van der Waals surface area contributed by atoms with Crippen molar-refractivity contribution >= 4 is 27.3 Å². The summed E-state index contributed by atoms with van der Waals surface area (Å²) in [5.41, 5.74) is 0.154. The minimum atomic E-state index is -3.88. The maximum atomic E-state index is 12.1. The second-order valence-electron chi connectivity index (χ2n) is 4.34. The number of aromatic nitrogens is 1. The van der Waals surface area contributed by atoms with E-state index in [0.717, 1.165) is 12.3 Å². The van der Waals surface area contributed by atoms with Crippen LogP contribution in [0.15, 0.2) is 47.5 Å². The highest BCUT2D eigenvalue weighted by Gasteiger charge is 2.16. The number of carbonyl (C=O) groups is 1. The fraction of sp³-hybridized carbons (Fsp3) is 0.0769. The Morgan fingerprint density at radius 3 is 2.27 bits per heavy atom. The van der Waals surface area contributed by atoms with Crippen LogP contribution in [-0.4, -0.2) is 24.1 Å². The highest BCUT2D eigenvalue weighted by atomic mass is 32.2. The van der Waals surface area contributed by atoms with Gasteiger partial charge in [0.05, 0.1) is 9.82 Å². The van der Waals surface area contributed by atoms with Crippen molar-refractivity contribution < 1.29 is 18.1 Å². The van der Waals surface area contributed by atoms with Gasteiger partial charge >= 0.3 is 0 Å². The third-order valence-electron chi connectivity index (χ3n) is 2.77. The van der Waals surface area contributed by atoms with E-state index in [1.165, 1.54) is 37.3 Å². The van der Waals surface area contributed by atoms with E-state index in [4.69, 9.17) is 0 Å². The van der Waals surface area contributed by atoms with Crippen LogP contribution >= 0.6 is 0 Å². The summed E-state index contributed by atoms with van der Waals surface area (Å²) in [5.74, 6) is -0.213. The number of hydrogen-bond donors (Lipinski definition) is 1. The van der Waals surface area contributed by atoms with E-state index in [1.807, 2.05) is 0 Å². The number of rotatable bonds is 5. The van der Waals surface area contributed by atoms with Crippen molar-refractivity contribution in [3.63, 3.8) is 0 Å². The molecule has 1 aromatic heterocycles. The first-order valence-corrected chi connectivity index (χ1v) is 7.52. The summed E-state index contributed by atoms with van der Waals surface area (Å²) in [6.07, 6.45) is 0.955. The molecule has 2 rings (SSSR count). The summed E-state index contributed by atoms with van der Waals surface area (Å²) >= 11 is 0. The number of sulfonamides is 1. The molecule has 0 aliphatic heterocycles. The lowest BCUT2D eigenvalue weighted by molar-refractivity contribution is -0.385. The molecule has 0 fully saturated rings. The van der Waals surface area contributed by atoms with Gasteiger partial charge < -0.3 is 0 Å². The van der Waals surface area contributed by atoms with E-state index >= 15 is 0 Å². The molecule has 114 valence electrons. The number of nitrogens with zero attached hydrogens (tertiary/aromatic N) is 2. The average Bonchev–Trinajstić information content (AvgIpc) is 2.47. The molecule has 9 heteroatoms. The number of carbonyl (C=O) groups excluding carboxylic acids is 1. The third kappa shape index (κ3) is 3.44. The number of hydrogen-bond acceptors (Lipinski definition) is 6. The first-order valence-electron chi connectivity index (χ1n) is 6.04. The molecule has 0 radical (unpaired) electrons. The second kappa shape index (κ2) is 5.90. The van der Waals surface area contributed by atoms with Gasteiger partial charge in [0.15, 0.2) is 5.78 Å². The highest BCUT2D eigenvalue weighted by molar-refractivity contribution is 7.92. The van der Waals surface area contributed by atoms with Crippen LogP contribution in [-0.2, 0) is 10.0 Å². The van der Waals surface area contributed by atoms with Crippen LogP contribution in [0.1, 0.15) is 17.3 Å². The van der Waals surface area contributed by atoms with Gasteiger partial charge in [0, 0.05) is 11.6 Å². The number of nitrogens with one attached hydrogen (secondary N) is 1. The highest BCUT2D eigenvalue weighted by Crippen LogP contribution is 2.17. The van der Waals surface area contributed by atoms with E-state index in [-0.39, 0.29) is 22.2 Å². The van der Waals surface area contributed by atoms with Crippen LogP contribution in [0.3, 0.4) is 0 Å². The Morgan fingerprint density at radius 2 is 1.82 bits per heavy atom. The van der Waals surface area contributed by atoms with Crippen LogP contribution < -0.4 is 4.72 Å². The van der Waals surface area contributed by atoms with Crippen molar-refractivity contribution in [2.24, 2.45) is 0 Å². The molecule has 0 atom stereocenters. The topological polar surface area (TPSA) is 119 Å². The Hall–Kier alpha value is -2.81. The van der Waals surface area contributed by atoms with E-state index < -0.39 is 14.9 Å². The van der Waals surface area contributed by atoms with Gasteiger partial charge in [-0.25, -0.2) is 13.4 Å². The van der Waals surface area contributed by atoms with Gasteiger partial charge in [0.25, 0.3) is 15.7 Å². The normalized spacial score (nSPS) is 11.0. The van der Waals surface area contributed by atoms with Crippen molar-refractivity contribution in [1.82, 2.24) is 4.98 Å². The lowest BCUT2D eigenvalue weighted by Gasteiger charge is -2.07. The summed E-state index contributed by atoms with van der Waals surface area (Å²) in [7, 11) is -3.88. The quantitative estimate of drug-likeness (QED) is 0.511. The monoisotopic (exact) mass is 321 g/mol. The molecular formula is C13H11N3O5S. The zero-order valence-corrected chi connectivity index (χ0v) is 12.2. The lowest BCUT2D eigenvalue weighted by Crippen LogP contribution is -2.14. The largest absolute Gasteiger partial charge is 0.295 e. The zero-order chi connectivity index (χ0) is 16.3. The van der Waals surface area contributed by atoms with Gasteiger partial charge in [-0.3, -0.25) is 19.6 Å². The van der Waals surface area contributed by atoms with Crippen molar-refractivity contribution in [2.45, 2.75) is 11.8 Å². The first kappa shape index (κ1) is 15.6. The molecule has 0 saturated carbocycles. The Labute approximate surface area is 126 Å². The van der Waals surface area contributed by atoms with Crippen LogP contribution in [0.5, 0.6) is 0 Å². The van der Waals surface area contributed by atoms with Crippen molar-refractivity contribution in [2.75, 3.05) is 4.72 Å². The molecule has 0 saturated heterocycles. The molecule has 0 bridgehead atoms. The predicted octanol–water partition coefficient (Wildman–Crippen LogP) is 1.99. The minimum absolute atomic E-state index is 0.0405. The van der Waals surface area contributed by atoms with E-state index in [9.17, 15) is 23.3 Å². The number of ketones is 1. The summed E-state index contributed by atoms with van der Waals surface area (Å²) in [6, 6.07) is 7.73. The third-order valence-corrected chi connectivity index (χ3v) is 4.14. The van der Waals surface area contributed by atoms with Crippen LogP contribution in [0, 0.1) is 10.1 Å². The molecule has 0 spiro atoms. The zero-order valence-electron chi connectivity index (χ0n) is 11.4. The van der Waals surface area contributed by atoms with E-state index in [0.29, 0.717) is 5.56 Å². The summed E-state index contributed by atoms with van der Waals surface area (Å²) in [4.78, 5) is 24.7. The molecule has 0 unspecified atom stereocenters. The number of benzene rings is 1. The van der Waals surface area contributed by atoms with Crippen LogP contribution in [0.25, 0.3) is 0 Å². The maximum Gasteiger partial charge on any atom is 0.287 e. The lowest BCUT2D eigenvalue weighted by atomic mass is 10.2. The van der Waals surface area contributed by atoms with Crippen molar-refractivity contribution in [1.29, 1.82) is 0 Å². The van der Waals surface area contributed by atoms with Gasteiger partial charge in [0.2, 0.25) is 0 Å². The summed E-state index contributed by atoms with van der Waals surface area (Å²) in [6.45, 7) is 1.38. The van der Waals surface area contributed by atoms with Gasteiger partial charge in [-0.05, 0) is 25.1 Å². The number of pyridine rings is 1. The number of anilines is 1. The van der Waals surface area contributed by atoms with Crippen molar-refractivity contribution in [3.05, 3.63) is 58.3 Å². The molecule has 0 aliphatic rings. The Kier molecular flexibility index (Phi) is 4.18. The fourth-order valence-electron chi connectivity index (χ4n) is 1.62. The minimum Gasteiger partial charge on any atom is -0.295 e. The molecule has 1 heterocycles. The number of nitro groups is 1. The first-order chi connectivity index (χ1) is 10.3. The molecule has 1 N–H and O–H groups in total. The predicted molar refractivity (Wildman–Crippen MR) is 78.1 cm³/mol. The van der Waals surface area contributed by atoms with Gasteiger partial charge in [-0.1, -0.05) is 12.1 Å². The van der Waals surface area contributed by atoms with Crippen molar-refractivity contribution in [3.8, 4) is 0 Å².